The average Bonchev–Trinajstić information content (AvgIpc) is 2.38. The third kappa shape index (κ3) is 3.22. The fraction of sp³-hybridized carbons (Fsp3) is 0.500. The van der Waals surface area contributed by atoms with Gasteiger partial charge in [-0.2, -0.15) is 0 Å². The van der Waals surface area contributed by atoms with Crippen LogP contribution in [0.1, 0.15) is 25.7 Å². The van der Waals surface area contributed by atoms with Crippen LogP contribution in [0.3, 0.4) is 0 Å². The average molecular weight is 251 g/mol. The van der Waals surface area contributed by atoms with Gasteiger partial charge in [0.05, 0.1) is 7.11 Å². The first-order chi connectivity index (χ1) is 8.69. The Hall–Kier alpha value is -1.58. The molecule has 0 saturated heterocycles. The molecule has 0 amide bonds. The van der Waals surface area contributed by atoms with Crippen molar-refractivity contribution in [2.24, 2.45) is 5.92 Å². The number of ether oxygens (including phenoxy) is 1. The molecule has 1 aromatic carbocycles. The summed E-state index contributed by atoms with van der Waals surface area (Å²) in [6, 6.07) is 4.85. The van der Waals surface area contributed by atoms with Crippen molar-refractivity contribution in [3.8, 4) is 5.75 Å². The van der Waals surface area contributed by atoms with Gasteiger partial charge in [-0.05, 0) is 30.9 Å². The van der Waals surface area contributed by atoms with Crippen molar-refractivity contribution >= 4 is 11.5 Å². The highest BCUT2D eigenvalue weighted by Gasteiger charge is 2.18. The normalized spacial score (nSPS) is 16.7. The maximum Gasteiger partial charge on any atom is 0.167 e. The van der Waals surface area contributed by atoms with Gasteiger partial charge in [-0.1, -0.05) is 0 Å². The van der Waals surface area contributed by atoms with Gasteiger partial charge in [-0.3, -0.25) is 4.79 Å². The van der Waals surface area contributed by atoms with Gasteiger partial charge in [0.2, 0.25) is 0 Å². The van der Waals surface area contributed by atoms with E-state index in [-0.39, 0.29) is 11.6 Å². The van der Waals surface area contributed by atoms with Gasteiger partial charge in [-0.15, -0.1) is 0 Å². The van der Waals surface area contributed by atoms with E-state index in [1.54, 1.807) is 12.1 Å². The van der Waals surface area contributed by atoms with E-state index >= 15 is 0 Å². The third-order valence-electron chi connectivity index (χ3n) is 3.41. The van der Waals surface area contributed by atoms with Crippen molar-refractivity contribution in [1.29, 1.82) is 0 Å². The molecule has 1 fully saturated rings. The van der Waals surface area contributed by atoms with Crippen molar-refractivity contribution in [2.45, 2.75) is 25.7 Å². The maximum absolute atomic E-state index is 13.5. The number of ketones is 1. The highest BCUT2D eigenvalue weighted by Crippen LogP contribution is 2.24. The van der Waals surface area contributed by atoms with Crippen LogP contribution in [0.5, 0.6) is 5.75 Å². The van der Waals surface area contributed by atoms with Crippen LogP contribution in [-0.4, -0.2) is 19.4 Å². The molecule has 1 aliphatic carbocycles. The molecule has 1 N–H and O–H groups in total. The predicted octanol–water partition coefficient (Wildman–Crippen LogP) is 3.01. The van der Waals surface area contributed by atoms with E-state index in [1.165, 1.54) is 13.2 Å². The molecule has 1 aliphatic rings. The fourth-order valence-corrected chi connectivity index (χ4v) is 2.24. The summed E-state index contributed by atoms with van der Waals surface area (Å²) < 4.78 is 18.3. The topological polar surface area (TPSA) is 38.3 Å². The van der Waals surface area contributed by atoms with Crippen LogP contribution in [0.2, 0.25) is 0 Å². The predicted molar refractivity (Wildman–Crippen MR) is 68.4 cm³/mol. The highest BCUT2D eigenvalue weighted by molar-refractivity contribution is 5.79. The van der Waals surface area contributed by atoms with Gasteiger partial charge in [-0.25, -0.2) is 4.39 Å². The van der Waals surface area contributed by atoms with Crippen LogP contribution in [-0.2, 0) is 4.79 Å². The first-order valence-corrected chi connectivity index (χ1v) is 6.28. The molecular formula is C14H18FNO2. The minimum absolute atomic E-state index is 0.254. The molecule has 0 radical (unpaired) electrons. The van der Waals surface area contributed by atoms with Gasteiger partial charge in [0.1, 0.15) is 5.78 Å². The monoisotopic (exact) mass is 251 g/mol. The summed E-state index contributed by atoms with van der Waals surface area (Å²) in [4.78, 5) is 11.1. The van der Waals surface area contributed by atoms with Crippen LogP contribution in [0, 0.1) is 11.7 Å². The lowest BCUT2D eigenvalue weighted by molar-refractivity contribution is -0.120. The van der Waals surface area contributed by atoms with Crippen molar-refractivity contribution in [3.63, 3.8) is 0 Å². The Morgan fingerprint density at radius 2 is 2.11 bits per heavy atom. The molecule has 0 unspecified atom stereocenters. The Kier molecular flexibility index (Phi) is 4.18. The van der Waals surface area contributed by atoms with Crippen molar-refractivity contribution in [3.05, 3.63) is 24.0 Å². The van der Waals surface area contributed by atoms with E-state index in [1.807, 2.05) is 0 Å². The summed E-state index contributed by atoms with van der Waals surface area (Å²) in [6.45, 7) is 0.791. The largest absolute Gasteiger partial charge is 0.494 e. The van der Waals surface area contributed by atoms with Crippen molar-refractivity contribution in [2.75, 3.05) is 19.0 Å². The summed E-state index contributed by atoms with van der Waals surface area (Å²) in [5, 5.41) is 3.21. The van der Waals surface area contributed by atoms with Gasteiger partial charge < -0.3 is 10.1 Å². The Balaban J connectivity index is 1.86. The van der Waals surface area contributed by atoms with Crippen LogP contribution in [0.4, 0.5) is 10.1 Å². The SMILES string of the molecule is COc1ccc(NCC2CCC(=O)CC2)cc1F. The molecule has 1 saturated carbocycles. The van der Waals surface area contributed by atoms with Crippen LogP contribution in [0.25, 0.3) is 0 Å². The quantitative estimate of drug-likeness (QED) is 0.894. The number of nitrogens with one attached hydrogen (secondary N) is 1. The molecule has 0 atom stereocenters. The standard InChI is InChI=1S/C14H18FNO2/c1-18-14-7-4-11(8-13(14)15)16-9-10-2-5-12(17)6-3-10/h4,7-8,10,16H,2-3,5-6,9H2,1H3. The van der Waals surface area contributed by atoms with E-state index in [2.05, 4.69) is 5.32 Å². The van der Waals surface area contributed by atoms with Crippen molar-refractivity contribution < 1.29 is 13.9 Å². The summed E-state index contributed by atoms with van der Waals surface area (Å²) in [5.74, 6) is 0.764. The zero-order valence-electron chi connectivity index (χ0n) is 10.5. The molecule has 0 heterocycles. The van der Waals surface area contributed by atoms with E-state index in [0.29, 0.717) is 24.5 Å². The molecule has 1 aromatic rings. The summed E-state index contributed by atoms with van der Waals surface area (Å²) in [6.07, 6.45) is 3.24. The van der Waals surface area contributed by atoms with Crippen molar-refractivity contribution in [1.82, 2.24) is 0 Å². The second-order valence-electron chi connectivity index (χ2n) is 4.71. The molecule has 0 spiro atoms. The number of halogens is 1. The van der Waals surface area contributed by atoms with E-state index < -0.39 is 0 Å². The third-order valence-corrected chi connectivity index (χ3v) is 3.41. The number of carbonyl (C=O) groups is 1. The smallest absolute Gasteiger partial charge is 0.167 e. The molecule has 0 aromatic heterocycles. The van der Waals surface area contributed by atoms with E-state index in [4.69, 9.17) is 4.74 Å². The van der Waals surface area contributed by atoms with Gasteiger partial charge >= 0.3 is 0 Å². The van der Waals surface area contributed by atoms with Gasteiger partial charge in [0.15, 0.2) is 11.6 Å². The number of benzene rings is 1. The minimum Gasteiger partial charge on any atom is -0.494 e. The number of hydrogen-bond donors (Lipinski definition) is 1. The summed E-state index contributed by atoms with van der Waals surface area (Å²) in [7, 11) is 1.45. The number of anilines is 1. The number of methoxy groups -OCH3 is 1. The Labute approximate surface area is 106 Å². The Morgan fingerprint density at radius 1 is 1.39 bits per heavy atom. The van der Waals surface area contributed by atoms with E-state index in [9.17, 15) is 9.18 Å². The minimum atomic E-state index is -0.360. The van der Waals surface area contributed by atoms with Crippen LogP contribution in [0.15, 0.2) is 18.2 Å². The van der Waals surface area contributed by atoms with Gasteiger partial charge in [0.25, 0.3) is 0 Å². The number of rotatable bonds is 4. The lowest BCUT2D eigenvalue weighted by Crippen LogP contribution is -2.21. The molecule has 0 bridgehead atoms. The molecule has 3 nitrogen and oxygen atoms in total. The zero-order chi connectivity index (χ0) is 13.0. The summed E-state index contributed by atoms with van der Waals surface area (Å²) >= 11 is 0. The molecule has 4 heteroatoms. The summed E-state index contributed by atoms with van der Waals surface area (Å²) in [5.41, 5.74) is 0.755. The lowest BCUT2D eigenvalue weighted by Gasteiger charge is -2.21. The Morgan fingerprint density at radius 3 is 2.72 bits per heavy atom. The van der Waals surface area contributed by atoms with Gasteiger partial charge in [0, 0.05) is 31.1 Å². The second-order valence-corrected chi connectivity index (χ2v) is 4.71. The molecule has 0 aliphatic heterocycles. The molecule has 98 valence electrons. The highest BCUT2D eigenvalue weighted by atomic mass is 19.1. The number of hydrogen-bond acceptors (Lipinski definition) is 3. The lowest BCUT2D eigenvalue weighted by atomic mass is 9.88. The maximum atomic E-state index is 13.5. The first-order valence-electron chi connectivity index (χ1n) is 6.28. The first kappa shape index (κ1) is 12.9. The number of carbonyl (C=O) groups excluding carboxylic acids is 1. The number of Topliss-reactive ketones (excluding diaryl/α,β-unsaturated/α-hetero) is 1. The van der Waals surface area contributed by atoms with E-state index in [0.717, 1.165) is 25.1 Å². The molecule has 2 rings (SSSR count). The Bertz CT molecular complexity index is 424. The fourth-order valence-electron chi connectivity index (χ4n) is 2.24. The second kappa shape index (κ2) is 5.85. The van der Waals surface area contributed by atoms with Crippen LogP contribution >= 0.6 is 0 Å². The zero-order valence-corrected chi connectivity index (χ0v) is 10.5. The van der Waals surface area contributed by atoms with Crippen LogP contribution < -0.4 is 10.1 Å². The molecular weight excluding hydrogens is 233 g/mol. The molecule has 18 heavy (non-hydrogen) atoms.